The van der Waals surface area contributed by atoms with Gasteiger partial charge < -0.3 is 9.32 Å². The lowest BCUT2D eigenvalue weighted by Crippen LogP contribution is -2.47. The van der Waals surface area contributed by atoms with Crippen molar-refractivity contribution in [2.75, 3.05) is 31.1 Å². The maximum atomic E-state index is 5.99. The Labute approximate surface area is 173 Å². The minimum absolute atomic E-state index is 0.0791. The Morgan fingerprint density at radius 3 is 2.59 bits per heavy atom. The van der Waals surface area contributed by atoms with Crippen molar-refractivity contribution in [1.29, 1.82) is 0 Å². The van der Waals surface area contributed by atoms with E-state index >= 15 is 0 Å². The average Bonchev–Trinajstić information content (AvgIpc) is 3.43. The van der Waals surface area contributed by atoms with Crippen molar-refractivity contribution < 1.29 is 4.42 Å². The van der Waals surface area contributed by atoms with Crippen molar-refractivity contribution in [3.8, 4) is 11.5 Å². The van der Waals surface area contributed by atoms with E-state index in [4.69, 9.17) is 4.42 Å². The first kappa shape index (κ1) is 18.2. The molecular weight excluding hydrogens is 384 g/mol. The van der Waals surface area contributed by atoms with Gasteiger partial charge in [-0.05, 0) is 37.4 Å². The normalized spacial score (nSPS) is 16.4. The van der Waals surface area contributed by atoms with E-state index in [9.17, 15) is 0 Å². The molecule has 0 N–H and O–H groups in total. The lowest BCUT2D eigenvalue weighted by molar-refractivity contribution is 0.173. The van der Waals surface area contributed by atoms with E-state index in [1.54, 1.807) is 17.7 Å². The summed E-state index contributed by atoms with van der Waals surface area (Å²) in [5.41, 5.74) is 2.16. The molecule has 148 valence electrons. The van der Waals surface area contributed by atoms with Crippen molar-refractivity contribution >= 4 is 27.4 Å². The largest absolute Gasteiger partial charge is 0.419 e. The van der Waals surface area contributed by atoms with E-state index in [1.165, 1.54) is 5.56 Å². The Kier molecular flexibility index (Phi) is 4.73. The quantitative estimate of drug-likeness (QED) is 0.508. The first-order valence-corrected chi connectivity index (χ1v) is 10.6. The second-order valence-corrected chi connectivity index (χ2v) is 8.24. The van der Waals surface area contributed by atoms with Gasteiger partial charge in [0.05, 0.1) is 11.4 Å². The fraction of sp³-hybridized carbons (Fsp3) is 0.333. The van der Waals surface area contributed by atoms with Crippen LogP contribution in [0.5, 0.6) is 0 Å². The second kappa shape index (κ2) is 7.53. The van der Waals surface area contributed by atoms with Crippen LogP contribution in [-0.2, 0) is 0 Å². The van der Waals surface area contributed by atoms with Gasteiger partial charge in [-0.1, -0.05) is 17.7 Å². The maximum Gasteiger partial charge on any atom is 0.247 e. The van der Waals surface area contributed by atoms with Crippen LogP contribution < -0.4 is 4.90 Å². The number of hydrogen-bond donors (Lipinski definition) is 0. The molecule has 1 aromatic carbocycles. The zero-order chi connectivity index (χ0) is 19.8. The molecule has 1 aliphatic heterocycles. The molecule has 4 heterocycles. The molecule has 1 aliphatic rings. The molecule has 1 saturated heterocycles. The molecule has 8 heteroatoms. The van der Waals surface area contributed by atoms with Crippen LogP contribution >= 0.6 is 11.3 Å². The van der Waals surface area contributed by atoms with E-state index in [-0.39, 0.29) is 6.04 Å². The van der Waals surface area contributed by atoms with Crippen LogP contribution in [-0.4, -0.2) is 51.2 Å². The highest BCUT2D eigenvalue weighted by molar-refractivity contribution is 7.16. The van der Waals surface area contributed by atoms with Crippen molar-refractivity contribution in [3.63, 3.8) is 0 Å². The molecule has 7 nitrogen and oxygen atoms in total. The summed E-state index contributed by atoms with van der Waals surface area (Å²) in [6.45, 7) is 7.84. The molecule has 0 saturated carbocycles. The summed E-state index contributed by atoms with van der Waals surface area (Å²) in [5.74, 6) is 2.27. The van der Waals surface area contributed by atoms with Gasteiger partial charge in [0.1, 0.15) is 17.0 Å². The number of benzene rings is 1. The molecular formula is C21H22N6OS. The van der Waals surface area contributed by atoms with Crippen LogP contribution in [0.3, 0.4) is 0 Å². The molecule has 0 spiro atoms. The van der Waals surface area contributed by atoms with E-state index < -0.39 is 0 Å². The molecule has 0 bridgehead atoms. The molecule has 1 atom stereocenters. The van der Waals surface area contributed by atoms with Gasteiger partial charge in [0.15, 0.2) is 0 Å². The van der Waals surface area contributed by atoms with Gasteiger partial charge in [0, 0.05) is 31.7 Å². The average molecular weight is 407 g/mol. The summed E-state index contributed by atoms with van der Waals surface area (Å²) in [4.78, 5) is 14.7. The number of rotatable bonds is 4. The van der Waals surface area contributed by atoms with Gasteiger partial charge in [-0.3, -0.25) is 4.90 Å². The summed E-state index contributed by atoms with van der Waals surface area (Å²) >= 11 is 1.65. The Bertz CT molecular complexity index is 1110. The first-order valence-electron chi connectivity index (χ1n) is 9.77. The predicted octanol–water partition coefficient (Wildman–Crippen LogP) is 3.93. The highest BCUT2D eigenvalue weighted by Gasteiger charge is 2.27. The third-order valence-corrected chi connectivity index (χ3v) is 6.32. The Hall–Kier alpha value is -2.84. The molecule has 0 aliphatic carbocycles. The lowest BCUT2D eigenvalue weighted by atomic mass is 10.1. The van der Waals surface area contributed by atoms with Crippen molar-refractivity contribution in [3.05, 3.63) is 53.5 Å². The molecule has 29 heavy (non-hydrogen) atoms. The number of aromatic nitrogens is 4. The van der Waals surface area contributed by atoms with Crippen LogP contribution in [0, 0.1) is 6.92 Å². The van der Waals surface area contributed by atoms with Gasteiger partial charge in [0.25, 0.3) is 0 Å². The maximum absolute atomic E-state index is 5.99. The lowest BCUT2D eigenvalue weighted by Gasteiger charge is -2.37. The van der Waals surface area contributed by atoms with Crippen LogP contribution in [0.15, 0.2) is 46.5 Å². The van der Waals surface area contributed by atoms with Crippen molar-refractivity contribution in [1.82, 2.24) is 25.1 Å². The summed E-state index contributed by atoms with van der Waals surface area (Å²) in [6.07, 6.45) is 1.66. The number of anilines is 1. The molecule has 3 aromatic heterocycles. The molecule has 5 rings (SSSR count). The van der Waals surface area contributed by atoms with Gasteiger partial charge in [-0.2, -0.15) is 0 Å². The first-order chi connectivity index (χ1) is 14.2. The third kappa shape index (κ3) is 3.49. The fourth-order valence-corrected chi connectivity index (χ4v) is 4.45. The van der Waals surface area contributed by atoms with E-state index in [0.29, 0.717) is 11.8 Å². The topological polar surface area (TPSA) is 71.2 Å². The summed E-state index contributed by atoms with van der Waals surface area (Å²) in [5, 5.41) is 11.8. The number of fused-ring (bicyclic) bond motifs is 1. The van der Waals surface area contributed by atoms with E-state index in [2.05, 4.69) is 67.4 Å². The Balaban J connectivity index is 1.27. The highest BCUT2D eigenvalue weighted by Crippen LogP contribution is 2.29. The van der Waals surface area contributed by atoms with E-state index in [1.807, 2.05) is 12.1 Å². The highest BCUT2D eigenvalue weighted by atomic mass is 32.1. The van der Waals surface area contributed by atoms with Gasteiger partial charge in [0.2, 0.25) is 11.8 Å². The third-order valence-electron chi connectivity index (χ3n) is 5.50. The van der Waals surface area contributed by atoms with Crippen LogP contribution in [0.4, 0.5) is 5.82 Å². The van der Waals surface area contributed by atoms with Crippen LogP contribution in [0.25, 0.3) is 21.7 Å². The van der Waals surface area contributed by atoms with Gasteiger partial charge >= 0.3 is 0 Å². The standard InChI is InChI=1S/C21H22N6OS/c1-14-3-5-16(6-4-14)20-25-24-19(28-20)15(2)26-8-10-27(11-9-26)18-17-7-12-29-21(17)23-13-22-18/h3-7,12-13,15H,8-11H2,1-2H3. The number of hydrogen-bond acceptors (Lipinski definition) is 8. The number of aryl methyl sites for hydroxylation is 1. The minimum Gasteiger partial charge on any atom is -0.419 e. The molecule has 1 fully saturated rings. The Morgan fingerprint density at radius 1 is 1.00 bits per heavy atom. The molecule has 1 unspecified atom stereocenters. The second-order valence-electron chi connectivity index (χ2n) is 7.35. The van der Waals surface area contributed by atoms with Crippen molar-refractivity contribution in [2.45, 2.75) is 19.9 Å². The zero-order valence-electron chi connectivity index (χ0n) is 16.4. The van der Waals surface area contributed by atoms with Crippen molar-refractivity contribution in [2.24, 2.45) is 0 Å². The number of piperazine rings is 1. The fourth-order valence-electron chi connectivity index (χ4n) is 3.72. The molecule has 0 amide bonds. The summed E-state index contributed by atoms with van der Waals surface area (Å²) in [7, 11) is 0. The smallest absolute Gasteiger partial charge is 0.247 e. The van der Waals surface area contributed by atoms with E-state index in [0.717, 1.165) is 47.8 Å². The van der Waals surface area contributed by atoms with Crippen LogP contribution in [0.2, 0.25) is 0 Å². The van der Waals surface area contributed by atoms with Gasteiger partial charge in [-0.15, -0.1) is 21.5 Å². The molecule has 0 radical (unpaired) electrons. The zero-order valence-corrected chi connectivity index (χ0v) is 17.3. The summed E-state index contributed by atoms with van der Waals surface area (Å²) in [6, 6.07) is 10.3. The van der Waals surface area contributed by atoms with Gasteiger partial charge in [-0.25, -0.2) is 9.97 Å². The summed E-state index contributed by atoms with van der Waals surface area (Å²) < 4.78 is 5.99. The molecule has 4 aromatic rings. The Morgan fingerprint density at radius 2 is 1.79 bits per heavy atom. The monoisotopic (exact) mass is 406 g/mol. The SMILES string of the molecule is Cc1ccc(-c2nnc(C(C)N3CCN(c4ncnc5sccc45)CC3)o2)cc1. The van der Waals surface area contributed by atoms with Crippen LogP contribution in [0.1, 0.15) is 24.4 Å². The number of nitrogens with zero attached hydrogens (tertiary/aromatic N) is 6. The number of thiophene rings is 1. The minimum atomic E-state index is 0.0791. The predicted molar refractivity (Wildman–Crippen MR) is 114 cm³/mol.